The van der Waals surface area contributed by atoms with Gasteiger partial charge in [0.1, 0.15) is 11.8 Å². The largest absolute Gasteiger partial charge is 0.478 e. The number of halogens is 2. The van der Waals surface area contributed by atoms with E-state index >= 15 is 0 Å². The van der Waals surface area contributed by atoms with E-state index < -0.39 is 12.1 Å². The van der Waals surface area contributed by atoms with E-state index in [4.69, 9.17) is 27.9 Å². The SMILES string of the molecule is O=C1c2ccccc2C(=O)c2cc(N3C(=O)C(Oc4ccccc4)C3c3ccc(Cl)cc3Cl)ccc21. The molecule has 5 nitrogen and oxygen atoms in total. The van der Waals surface area contributed by atoms with Crippen LogP contribution in [-0.4, -0.2) is 23.6 Å². The number of β-lactam (4-membered cyclic amide) rings is 1. The summed E-state index contributed by atoms with van der Waals surface area (Å²) in [5.41, 5.74) is 2.44. The first-order valence-corrected chi connectivity index (χ1v) is 12.0. The summed E-state index contributed by atoms with van der Waals surface area (Å²) in [6.07, 6.45) is -0.833. The number of ether oxygens (including phenoxy) is 1. The van der Waals surface area contributed by atoms with Crippen LogP contribution in [0.25, 0.3) is 0 Å². The van der Waals surface area contributed by atoms with Crippen molar-refractivity contribution in [3.05, 3.63) is 129 Å². The van der Waals surface area contributed by atoms with Crippen LogP contribution < -0.4 is 9.64 Å². The Morgan fingerprint density at radius 3 is 2.00 bits per heavy atom. The van der Waals surface area contributed by atoms with E-state index in [9.17, 15) is 14.4 Å². The number of fused-ring (bicyclic) bond motifs is 2. The van der Waals surface area contributed by atoms with Gasteiger partial charge in [0.25, 0.3) is 5.91 Å². The molecule has 1 aliphatic carbocycles. The molecule has 36 heavy (non-hydrogen) atoms. The van der Waals surface area contributed by atoms with Crippen LogP contribution in [0.2, 0.25) is 10.0 Å². The normalized spacial score (nSPS) is 18.4. The van der Waals surface area contributed by atoms with Gasteiger partial charge in [-0.25, -0.2) is 0 Å². The second-order valence-corrected chi connectivity index (χ2v) is 9.45. The van der Waals surface area contributed by atoms with Gasteiger partial charge >= 0.3 is 0 Å². The number of anilines is 1. The molecule has 2 aliphatic rings. The molecule has 0 aromatic heterocycles. The lowest BCUT2D eigenvalue weighted by atomic mass is 9.83. The smallest absolute Gasteiger partial charge is 0.271 e. The first-order valence-electron chi connectivity index (χ1n) is 11.3. The average molecular weight is 514 g/mol. The predicted molar refractivity (Wildman–Crippen MR) is 137 cm³/mol. The number of carbonyl (C=O) groups excluding carboxylic acids is 3. The van der Waals surface area contributed by atoms with Gasteiger partial charge in [-0.05, 0) is 48.0 Å². The van der Waals surface area contributed by atoms with Crippen LogP contribution in [0.5, 0.6) is 5.75 Å². The van der Waals surface area contributed by atoms with E-state index in [1.54, 1.807) is 77.7 Å². The Morgan fingerprint density at radius 1 is 0.667 bits per heavy atom. The molecule has 7 heteroatoms. The quantitative estimate of drug-likeness (QED) is 0.264. The molecule has 2 unspecified atom stereocenters. The number of para-hydroxylation sites is 1. The molecule has 176 valence electrons. The van der Waals surface area contributed by atoms with Gasteiger partial charge in [-0.3, -0.25) is 19.3 Å². The molecule has 1 aliphatic heterocycles. The number of hydrogen-bond acceptors (Lipinski definition) is 4. The fourth-order valence-corrected chi connectivity index (χ4v) is 5.31. The molecule has 0 radical (unpaired) electrons. The molecular formula is C29H17Cl2NO4. The van der Waals surface area contributed by atoms with E-state index in [-0.39, 0.29) is 23.0 Å². The molecule has 1 fully saturated rings. The van der Waals surface area contributed by atoms with Gasteiger partial charge < -0.3 is 4.74 Å². The van der Waals surface area contributed by atoms with E-state index in [1.165, 1.54) is 0 Å². The van der Waals surface area contributed by atoms with Gasteiger partial charge in [0.05, 0.1) is 0 Å². The van der Waals surface area contributed by atoms with Gasteiger partial charge in [0, 0.05) is 38.0 Å². The van der Waals surface area contributed by atoms with E-state index in [0.717, 1.165) is 0 Å². The van der Waals surface area contributed by atoms with Crippen LogP contribution in [0.3, 0.4) is 0 Å². The molecule has 0 bridgehead atoms. The van der Waals surface area contributed by atoms with Crippen molar-refractivity contribution in [2.24, 2.45) is 0 Å². The van der Waals surface area contributed by atoms with Crippen molar-refractivity contribution < 1.29 is 19.1 Å². The second-order valence-electron chi connectivity index (χ2n) is 8.60. The molecule has 4 aromatic rings. The van der Waals surface area contributed by atoms with Gasteiger partial charge in [0.2, 0.25) is 6.10 Å². The fourth-order valence-electron chi connectivity index (χ4n) is 4.79. The highest BCUT2D eigenvalue weighted by atomic mass is 35.5. The molecule has 0 N–H and O–H groups in total. The summed E-state index contributed by atoms with van der Waals surface area (Å²) in [6.45, 7) is 0. The molecule has 0 saturated carbocycles. The maximum Gasteiger partial charge on any atom is 0.271 e. The summed E-state index contributed by atoms with van der Waals surface area (Å²) in [5.74, 6) is -0.212. The van der Waals surface area contributed by atoms with Crippen LogP contribution in [0.15, 0.2) is 91.0 Å². The molecule has 1 saturated heterocycles. The maximum atomic E-state index is 13.4. The molecule has 0 spiro atoms. The third-order valence-electron chi connectivity index (χ3n) is 6.52. The number of nitrogens with zero attached hydrogens (tertiary/aromatic N) is 1. The van der Waals surface area contributed by atoms with Crippen molar-refractivity contribution in [2.75, 3.05) is 4.90 Å². The lowest BCUT2D eigenvalue weighted by Crippen LogP contribution is -2.61. The predicted octanol–water partition coefficient (Wildman–Crippen LogP) is 6.30. The monoisotopic (exact) mass is 513 g/mol. The Kier molecular flexibility index (Phi) is 5.40. The lowest BCUT2D eigenvalue weighted by Gasteiger charge is -2.47. The number of ketones is 2. The summed E-state index contributed by atoms with van der Waals surface area (Å²) in [4.78, 5) is 41.2. The molecule has 6 rings (SSSR count). The maximum absolute atomic E-state index is 13.4. The van der Waals surface area contributed by atoms with Gasteiger partial charge in [-0.1, -0.05) is 71.7 Å². The molecule has 4 aromatic carbocycles. The first-order chi connectivity index (χ1) is 17.4. The number of hydrogen-bond donors (Lipinski definition) is 0. The molecule has 1 amide bonds. The van der Waals surface area contributed by atoms with Gasteiger partial charge in [-0.2, -0.15) is 0 Å². The van der Waals surface area contributed by atoms with E-state index in [1.807, 2.05) is 18.2 Å². The first kappa shape index (κ1) is 22.5. The summed E-state index contributed by atoms with van der Waals surface area (Å²) >= 11 is 12.7. The Hall–Kier alpha value is -3.93. The van der Waals surface area contributed by atoms with E-state index in [0.29, 0.717) is 43.7 Å². The Labute approximate surface area is 216 Å². The minimum atomic E-state index is -0.833. The topological polar surface area (TPSA) is 63.7 Å². The minimum Gasteiger partial charge on any atom is -0.478 e. The lowest BCUT2D eigenvalue weighted by molar-refractivity contribution is -0.135. The number of rotatable bonds is 4. The molecule has 1 heterocycles. The van der Waals surface area contributed by atoms with Crippen molar-refractivity contribution >= 4 is 46.4 Å². The van der Waals surface area contributed by atoms with Crippen LogP contribution in [0.1, 0.15) is 43.4 Å². The number of carbonyl (C=O) groups is 3. The number of benzene rings is 4. The zero-order chi connectivity index (χ0) is 25.0. The fraction of sp³-hybridized carbons (Fsp3) is 0.0690. The average Bonchev–Trinajstić information content (AvgIpc) is 2.90. The highest BCUT2D eigenvalue weighted by molar-refractivity contribution is 6.35. The molecular weight excluding hydrogens is 497 g/mol. The highest BCUT2D eigenvalue weighted by Gasteiger charge is 2.52. The Balaban J connectivity index is 1.42. The third kappa shape index (κ3) is 3.51. The standard InChI is InChI=1S/C29H17Cl2NO4/c30-16-10-12-22(24(31)14-16)25-28(36-18-6-2-1-3-7-18)29(35)32(25)17-11-13-21-23(15-17)27(34)20-9-5-4-8-19(20)26(21)33/h1-15,25,28H. The highest BCUT2D eigenvalue weighted by Crippen LogP contribution is 2.45. The van der Waals surface area contributed by atoms with Gasteiger partial charge in [0.15, 0.2) is 11.6 Å². The summed E-state index contributed by atoms with van der Waals surface area (Å²) < 4.78 is 6.06. The van der Waals surface area contributed by atoms with Gasteiger partial charge in [-0.15, -0.1) is 0 Å². The van der Waals surface area contributed by atoms with Crippen LogP contribution in [-0.2, 0) is 4.79 Å². The van der Waals surface area contributed by atoms with Crippen LogP contribution >= 0.6 is 23.2 Å². The second kappa shape index (κ2) is 8.63. The van der Waals surface area contributed by atoms with Crippen LogP contribution in [0.4, 0.5) is 5.69 Å². The summed E-state index contributed by atoms with van der Waals surface area (Å²) in [6, 6.07) is 25.2. The van der Waals surface area contributed by atoms with Crippen molar-refractivity contribution in [3.8, 4) is 5.75 Å². The van der Waals surface area contributed by atoms with Crippen molar-refractivity contribution in [2.45, 2.75) is 12.1 Å². The Morgan fingerprint density at radius 2 is 1.31 bits per heavy atom. The summed E-state index contributed by atoms with van der Waals surface area (Å²) in [5, 5.41) is 0.864. The van der Waals surface area contributed by atoms with Crippen molar-refractivity contribution in [1.82, 2.24) is 0 Å². The zero-order valence-corrected chi connectivity index (χ0v) is 20.2. The Bertz CT molecular complexity index is 1570. The van der Waals surface area contributed by atoms with Crippen molar-refractivity contribution in [1.29, 1.82) is 0 Å². The molecule has 2 atom stereocenters. The van der Waals surface area contributed by atoms with Crippen molar-refractivity contribution in [3.63, 3.8) is 0 Å². The zero-order valence-electron chi connectivity index (χ0n) is 18.7. The minimum absolute atomic E-state index is 0.218. The summed E-state index contributed by atoms with van der Waals surface area (Å²) in [7, 11) is 0. The van der Waals surface area contributed by atoms with E-state index in [2.05, 4.69) is 0 Å². The van der Waals surface area contributed by atoms with Crippen LogP contribution in [0, 0.1) is 0 Å². The number of amides is 1. The third-order valence-corrected chi connectivity index (χ3v) is 7.08.